The molecule has 0 aromatic rings. The van der Waals surface area contributed by atoms with Gasteiger partial charge in [-0.15, -0.1) is 6.58 Å². The van der Waals surface area contributed by atoms with Crippen molar-refractivity contribution in [2.45, 2.75) is 32.6 Å². The Morgan fingerprint density at radius 1 is 1.43 bits per heavy atom. The van der Waals surface area contributed by atoms with Gasteiger partial charge in [-0.25, -0.2) is 0 Å². The quantitative estimate of drug-likeness (QED) is 0.512. The largest absolute Gasteiger partial charge is 0.469 e. The Kier molecular flexibility index (Phi) is 4.18. The Balaban J connectivity index is 2.41. The highest BCUT2D eigenvalue weighted by molar-refractivity contribution is 5.72. The maximum atomic E-state index is 11.3. The van der Waals surface area contributed by atoms with Gasteiger partial charge in [0.15, 0.2) is 0 Å². The van der Waals surface area contributed by atoms with Crippen molar-refractivity contribution in [3.63, 3.8) is 0 Å². The van der Waals surface area contributed by atoms with Gasteiger partial charge in [0.1, 0.15) is 0 Å². The Morgan fingerprint density at radius 2 is 2.00 bits per heavy atom. The molecule has 0 amide bonds. The molecule has 2 nitrogen and oxygen atoms in total. The van der Waals surface area contributed by atoms with Crippen LogP contribution in [0.15, 0.2) is 12.7 Å². The fraction of sp³-hybridized carbons (Fsp3) is 0.750. The predicted octanol–water partition coefficient (Wildman–Crippen LogP) is 2.79. The summed E-state index contributed by atoms with van der Waals surface area (Å²) in [5, 5.41) is 0. The van der Waals surface area contributed by atoms with Crippen molar-refractivity contribution < 1.29 is 9.53 Å². The van der Waals surface area contributed by atoms with Gasteiger partial charge in [-0.05, 0) is 37.5 Å². The van der Waals surface area contributed by atoms with Crippen molar-refractivity contribution in [1.29, 1.82) is 0 Å². The number of rotatable bonds is 3. The molecule has 0 aromatic heterocycles. The summed E-state index contributed by atoms with van der Waals surface area (Å²) < 4.78 is 4.76. The molecule has 1 atom stereocenters. The minimum atomic E-state index is -0.0629. The number of methoxy groups -OCH3 is 1. The van der Waals surface area contributed by atoms with Crippen molar-refractivity contribution in [2.75, 3.05) is 7.11 Å². The summed E-state index contributed by atoms with van der Waals surface area (Å²) in [4.78, 5) is 11.3. The van der Waals surface area contributed by atoms with Crippen molar-refractivity contribution in [1.82, 2.24) is 0 Å². The third-order valence-corrected chi connectivity index (χ3v) is 3.43. The number of hydrogen-bond acceptors (Lipinski definition) is 2. The molecule has 1 saturated carbocycles. The van der Waals surface area contributed by atoms with E-state index in [4.69, 9.17) is 4.74 Å². The first-order valence-electron chi connectivity index (χ1n) is 5.39. The topological polar surface area (TPSA) is 26.3 Å². The Bertz CT molecular complexity index is 202. The number of ether oxygens (including phenoxy) is 1. The van der Waals surface area contributed by atoms with E-state index in [0.717, 1.165) is 12.8 Å². The van der Waals surface area contributed by atoms with Crippen LogP contribution in [-0.2, 0) is 9.53 Å². The van der Waals surface area contributed by atoms with Crippen LogP contribution in [0.4, 0.5) is 0 Å². The van der Waals surface area contributed by atoms with E-state index in [9.17, 15) is 4.79 Å². The van der Waals surface area contributed by atoms with Gasteiger partial charge in [0.2, 0.25) is 0 Å². The summed E-state index contributed by atoms with van der Waals surface area (Å²) in [5.74, 6) is 1.17. The number of carbonyl (C=O) groups is 1. The maximum absolute atomic E-state index is 11.3. The lowest BCUT2D eigenvalue weighted by molar-refractivity contribution is -0.147. The predicted molar refractivity (Wildman–Crippen MR) is 56.8 cm³/mol. The van der Waals surface area contributed by atoms with E-state index >= 15 is 0 Å². The lowest BCUT2D eigenvalue weighted by Crippen LogP contribution is -2.26. The third kappa shape index (κ3) is 2.60. The van der Waals surface area contributed by atoms with E-state index in [2.05, 4.69) is 6.58 Å². The van der Waals surface area contributed by atoms with E-state index in [1.807, 2.05) is 13.0 Å². The van der Waals surface area contributed by atoms with Crippen LogP contribution in [0.5, 0.6) is 0 Å². The Morgan fingerprint density at radius 3 is 2.43 bits per heavy atom. The van der Waals surface area contributed by atoms with Gasteiger partial charge in [-0.1, -0.05) is 13.0 Å². The molecule has 1 fully saturated rings. The SMILES string of the molecule is C=CC1CCC(C(C)C(=O)OC)CC1. The Labute approximate surface area is 86.3 Å². The second-order valence-corrected chi connectivity index (χ2v) is 4.22. The standard InChI is InChI=1S/C12H20O2/c1-4-10-5-7-11(8-6-10)9(2)12(13)14-3/h4,9-11H,1,5-8H2,2-3H3. The zero-order valence-corrected chi connectivity index (χ0v) is 9.16. The van der Waals surface area contributed by atoms with E-state index in [-0.39, 0.29) is 11.9 Å². The minimum Gasteiger partial charge on any atom is -0.469 e. The van der Waals surface area contributed by atoms with Crippen LogP contribution in [0.3, 0.4) is 0 Å². The number of hydrogen-bond donors (Lipinski definition) is 0. The molecular formula is C12H20O2. The first kappa shape index (κ1) is 11.3. The maximum Gasteiger partial charge on any atom is 0.308 e. The molecule has 0 N–H and O–H groups in total. The summed E-state index contributed by atoms with van der Waals surface area (Å²) in [6.45, 7) is 5.79. The van der Waals surface area contributed by atoms with Gasteiger partial charge >= 0.3 is 5.97 Å². The average molecular weight is 196 g/mol. The van der Waals surface area contributed by atoms with Gasteiger partial charge < -0.3 is 4.74 Å². The monoisotopic (exact) mass is 196 g/mol. The fourth-order valence-electron chi connectivity index (χ4n) is 2.26. The molecule has 0 aliphatic heterocycles. The van der Waals surface area contributed by atoms with Crippen LogP contribution < -0.4 is 0 Å². The van der Waals surface area contributed by atoms with Gasteiger partial charge in [-0.3, -0.25) is 4.79 Å². The number of allylic oxidation sites excluding steroid dienone is 1. The van der Waals surface area contributed by atoms with Crippen molar-refractivity contribution in [2.24, 2.45) is 17.8 Å². The lowest BCUT2D eigenvalue weighted by atomic mass is 9.76. The van der Waals surface area contributed by atoms with E-state index < -0.39 is 0 Å². The average Bonchev–Trinajstić information content (AvgIpc) is 2.27. The first-order valence-corrected chi connectivity index (χ1v) is 5.39. The molecule has 1 aliphatic rings. The van der Waals surface area contributed by atoms with Crippen LogP contribution in [0.1, 0.15) is 32.6 Å². The van der Waals surface area contributed by atoms with Gasteiger partial charge in [0.25, 0.3) is 0 Å². The first-order chi connectivity index (χ1) is 6.69. The highest BCUT2D eigenvalue weighted by Crippen LogP contribution is 2.34. The van der Waals surface area contributed by atoms with E-state index in [1.54, 1.807) is 0 Å². The summed E-state index contributed by atoms with van der Waals surface area (Å²) in [7, 11) is 1.47. The second kappa shape index (κ2) is 5.18. The molecule has 0 saturated heterocycles. The minimum absolute atomic E-state index is 0.0609. The molecule has 0 bridgehead atoms. The molecule has 2 heteroatoms. The smallest absolute Gasteiger partial charge is 0.308 e. The van der Waals surface area contributed by atoms with Gasteiger partial charge in [0, 0.05) is 0 Å². The zero-order chi connectivity index (χ0) is 10.6. The molecule has 1 unspecified atom stereocenters. The molecule has 0 heterocycles. The zero-order valence-electron chi connectivity index (χ0n) is 9.16. The molecule has 0 aromatic carbocycles. The van der Waals surface area contributed by atoms with Gasteiger partial charge in [-0.2, -0.15) is 0 Å². The van der Waals surface area contributed by atoms with Crippen LogP contribution in [0.25, 0.3) is 0 Å². The highest BCUT2D eigenvalue weighted by atomic mass is 16.5. The van der Waals surface area contributed by atoms with Crippen molar-refractivity contribution in [3.05, 3.63) is 12.7 Å². The molecule has 14 heavy (non-hydrogen) atoms. The van der Waals surface area contributed by atoms with E-state index in [1.165, 1.54) is 20.0 Å². The Hall–Kier alpha value is -0.790. The van der Waals surface area contributed by atoms with Crippen LogP contribution in [0.2, 0.25) is 0 Å². The van der Waals surface area contributed by atoms with E-state index in [0.29, 0.717) is 11.8 Å². The number of esters is 1. The van der Waals surface area contributed by atoms with Crippen molar-refractivity contribution >= 4 is 5.97 Å². The second-order valence-electron chi connectivity index (χ2n) is 4.22. The van der Waals surface area contributed by atoms with Crippen LogP contribution in [0, 0.1) is 17.8 Å². The highest BCUT2D eigenvalue weighted by Gasteiger charge is 2.28. The third-order valence-electron chi connectivity index (χ3n) is 3.43. The molecular weight excluding hydrogens is 176 g/mol. The van der Waals surface area contributed by atoms with Crippen LogP contribution in [-0.4, -0.2) is 13.1 Å². The van der Waals surface area contributed by atoms with Gasteiger partial charge in [0.05, 0.1) is 13.0 Å². The molecule has 80 valence electrons. The molecule has 0 radical (unpaired) electrons. The summed E-state index contributed by atoms with van der Waals surface area (Å²) in [5.41, 5.74) is 0. The van der Waals surface area contributed by atoms with Crippen molar-refractivity contribution in [3.8, 4) is 0 Å². The molecule has 1 aliphatic carbocycles. The summed E-state index contributed by atoms with van der Waals surface area (Å²) in [6.07, 6.45) is 6.66. The molecule has 1 rings (SSSR count). The summed E-state index contributed by atoms with van der Waals surface area (Å²) >= 11 is 0. The lowest BCUT2D eigenvalue weighted by Gasteiger charge is -2.29. The summed E-state index contributed by atoms with van der Waals surface area (Å²) in [6, 6.07) is 0. The van der Waals surface area contributed by atoms with Crippen LogP contribution >= 0.6 is 0 Å². The normalized spacial score (nSPS) is 29.3. The number of carbonyl (C=O) groups excluding carboxylic acids is 1. The fourth-order valence-corrected chi connectivity index (χ4v) is 2.26. The molecule has 0 spiro atoms.